The molecule has 0 unspecified atom stereocenters. The third kappa shape index (κ3) is 9.18. The number of amides is 4. The lowest BCUT2D eigenvalue weighted by atomic mass is 9.94. The van der Waals surface area contributed by atoms with Crippen LogP contribution in [-0.2, 0) is 29.2 Å². The summed E-state index contributed by atoms with van der Waals surface area (Å²) in [6.45, 7) is -0.327. The van der Waals surface area contributed by atoms with Gasteiger partial charge >= 0.3 is 0 Å². The van der Waals surface area contributed by atoms with Crippen molar-refractivity contribution in [2.24, 2.45) is 11.8 Å². The molecule has 5 atom stereocenters. The molecule has 61 heavy (non-hydrogen) atoms. The zero-order valence-corrected chi connectivity index (χ0v) is 35.4. The monoisotopic (exact) mass is 882 g/mol. The maximum Gasteiger partial charge on any atom is 0.259 e. The van der Waals surface area contributed by atoms with Crippen LogP contribution in [0.2, 0.25) is 5.02 Å². The number of hydrogen-bond donors (Lipinski definition) is 2. The number of rotatable bonds is 9. The van der Waals surface area contributed by atoms with Gasteiger partial charge in [-0.2, -0.15) is 0 Å². The number of fused-ring (bicyclic) bond motifs is 3. The van der Waals surface area contributed by atoms with Gasteiger partial charge in [0.15, 0.2) is 0 Å². The van der Waals surface area contributed by atoms with Crippen LogP contribution in [0.15, 0.2) is 54.7 Å². The molecule has 5 heterocycles. The van der Waals surface area contributed by atoms with E-state index in [-0.39, 0.29) is 43.9 Å². The lowest BCUT2D eigenvalue weighted by molar-refractivity contribution is -0.147. The number of aromatic nitrogens is 2. The Bertz CT molecular complexity index is 2340. The summed E-state index contributed by atoms with van der Waals surface area (Å²) >= 11 is 6.79. The minimum Gasteiger partial charge on any atom is -0.495 e. The van der Waals surface area contributed by atoms with E-state index in [4.69, 9.17) is 26.1 Å². The van der Waals surface area contributed by atoms with Gasteiger partial charge in [-0.05, 0) is 62.8 Å². The molecular formula is C43H49ClF2N6O8S. The molecule has 2 saturated heterocycles. The van der Waals surface area contributed by atoms with Gasteiger partial charge in [0, 0.05) is 68.3 Å². The van der Waals surface area contributed by atoms with Crippen LogP contribution in [0.1, 0.15) is 77.0 Å². The topological polar surface area (TPSA) is 177 Å². The highest BCUT2D eigenvalue weighted by atomic mass is 35.5. The van der Waals surface area contributed by atoms with Gasteiger partial charge in [0.2, 0.25) is 27.7 Å². The molecule has 3 aromatic rings. The molecule has 4 fully saturated rings. The smallest absolute Gasteiger partial charge is 0.259 e. The van der Waals surface area contributed by atoms with E-state index in [0.717, 1.165) is 12.8 Å². The number of nitrogens with zero attached hydrogens (tertiary/aromatic N) is 4. The number of alkyl halides is 2. The summed E-state index contributed by atoms with van der Waals surface area (Å²) < 4.78 is 68.3. The average molecular weight is 883 g/mol. The normalized spacial score (nSPS) is 27.5. The van der Waals surface area contributed by atoms with E-state index >= 15 is 0 Å². The number of nitrogens with one attached hydrogen (secondary N) is 2. The lowest BCUT2D eigenvalue weighted by Gasteiger charge is -2.33. The van der Waals surface area contributed by atoms with Crippen molar-refractivity contribution in [1.82, 2.24) is 29.8 Å². The summed E-state index contributed by atoms with van der Waals surface area (Å²) in [5.74, 6) is -5.87. The first-order valence-electron chi connectivity index (χ1n) is 20.9. The van der Waals surface area contributed by atoms with Gasteiger partial charge in [-0.25, -0.2) is 22.2 Å². The number of pyridine rings is 2. The number of benzene rings is 1. The molecule has 0 spiro atoms. The number of piperidine rings is 1. The molecule has 0 bridgehead atoms. The zero-order valence-electron chi connectivity index (χ0n) is 33.8. The molecule has 5 aliphatic rings. The van der Waals surface area contributed by atoms with Crippen molar-refractivity contribution in [3.63, 3.8) is 0 Å². The molecule has 14 nitrogen and oxygen atoms in total. The van der Waals surface area contributed by atoms with Crippen LogP contribution in [0.4, 0.5) is 8.78 Å². The van der Waals surface area contributed by atoms with Crippen LogP contribution < -0.4 is 19.5 Å². The number of ether oxygens (including phenoxy) is 2. The third-order valence-electron chi connectivity index (χ3n) is 12.5. The maximum atomic E-state index is 14.9. The number of methoxy groups -OCH3 is 1. The lowest BCUT2D eigenvalue weighted by Crippen LogP contribution is -2.57. The number of sulfonamides is 1. The van der Waals surface area contributed by atoms with E-state index in [1.165, 1.54) is 16.9 Å². The van der Waals surface area contributed by atoms with Gasteiger partial charge in [-0.15, -0.1) is 0 Å². The van der Waals surface area contributed by atoms with Gasteiger partial charge in [-0.1, -0.05) is 42.7 Å². The Labute approximate surface area is 357 Å². The van der Waals surface area contributed by atoms with Crippen LogP contribution in [0, 0.1) is 11.8 Å². The van der Waals surface area contributed by atoms with Gasteiger partial charge in [-0.3, -0.25) is 28.9 Å². The maximum absolute atomic E-state index is 14.9. The van der Waals surface area contributed by atoms with E-state index in [9.17, 15) is 36.4 Å². The molecule has 8 rings (SSSR count). The van der Waals surface area contributed by atoms with E-state index in [1.807, 2.05) is 18.2 Å². The van der Waals surface area contributed by atoms with Crippen molar-refractivity contribution in [2.75, 3.05) is 26.7 Å². The van der Waals surface area contributed by atoms with Crippen LogP contribution >= 0.6 is 11.6 Å². The Morgan fingerprint density at radius 1 is 1.03 bits per heavy atom. The van der Waals surface area contributed by atoms with Crippen LogP contribution in [-0.4, -0.2) is 107 Å². The first-order valence-corrected chi connectivity index (χ1v) is 22.9. The molecule has 18 heteroatoms. The van der Waals surface area contributed by atoms with Gasteiger partial charge in [0.05, 0.1) is 35.8 Å². The van der Waals surface area contributed by atoms with Crippen molar-refractivity contribution in [3.05, 3.63) is 59.8 Å². The second-order valence-electron chi connectivity index (χ2n) is 16.8. The molecule has 2 saturated carbocycles. The van der Waals surface area contributed by atoms with Crippen molar-refractivity contribution in [2.45, 2.75) is 106 Å². The molecule has 326 valence electrons. The Morgan fingerprint density at radius 2 is 1.82 bits per heavy atom. The largest absolute Gasteiger partial charge is 0.495 e. The number of allylic oxidation sites excluding steroid dienone is 1. The van der Waals surface area contributed by atoms with Crippen molar-refractivity contribution in [1.29, 1.82) is 0 Å². The SMILES string of the molecule is COc1ccc2c(O[C@@H]3C[C@H]4C(=O)N[C@]5(C(=O)NS(=O)(=O)C6CC6)C[C@H]5/C=C\CCCCC[C@H](CC(=O)N5CCC(F)(F)CC5)C(=O)N4C3)cc(-c3ccccn3)nc2c1Cl. The third-order valence-corrected chi connectivity index (χ3v) is 14.7. The summed E-state index contributed by atoms with van der Waals surface area (Å²) in [5.41, 5.74) is -0.219. The van der Waals surface area contributed by atoms with Crippen molar-refractivity contribution in [3.8, 4) is 22.9 Å². The first kappa shape index (κ1) is 42.8. The highest BCUT2D eigenvalue weighted by molar-refractivity contribution is 7.91. The fourth-order valence-corrected chi connectivity index (χ4v) is 10.3. The van der Waals surface area contributed by atoms with Gasteiger partial charge < -0.3 is 24.6 Å². The molecule has 4 amide bonds. The summed E-state index contributed by atoms with van der Waals surface area (Å²) in [6, 6.07) is 9.30. The van der Waals surface area contributed by atoms with Crippen LogP contribution in [0.3, 0.4) is 0 Å². The second-order valence-corrected chi connectivity index (χ2v) is 19.2. The number of carbonyl (C=O) groups excluding carboxylic acids is 4. The summed E-state index contributed by atoms with van der Waals surface area (Å²) in [4.78, 5) is 69.0. The van der Waals surface area contributed by atoms with Crippen LogP contribution in [0.25, 0.3) is 22.3 Å². The van der Waals surface area contributed by atoms with Crippen molar-refractivity contribution >= 4 is 56.2 Å². The van der Waals surface area contributed by atoms with Crippen LogP contribution in [0.5, 0.6) is 11.5 Å². The highest BCUT2D eigenvalue weighted by Crippen LogP contribution is 2.46. The summed E-state index contributed by atoms with van der Waals surface area (Å²) in [7, 11) is -2.46. The van der Waals surface area contributed by atoms with Gasteiger partial charge in [0.1, 0.15) is 34.2 Å². The molecular weight excluding hydrogens is 834 g/mol. The predicted molar refractivity (Wildman–Crippen MR) is 221 cm³/mol. The Hall–Kier alpha value is -4.90. The number of carbonyl (C=O) groups is 4. The minimum absolute atomic E-state index is 0.0232. The van der Waals surface area contributed by atoms with E-state index in [0.29, 0.717) is 65.9 Å². The zero-order chi connectivity index (χ0) is 43.1. The van der Waals surface area contributed by atoms with E-state index in [2.05, 4.69) is 15.0 Å². The Morgan fingerprint density at radius 3 is 2.54 bits per heavy atom. The van der Waals surface area contributed by atoms with Crippen molar-refractivity contribution < 1.29 is 45.9 Å². The molecule has 3 aliphatic heterocycles. The molecule has 2 N–H and O–H groups in total. The standard InChI is InChI=1S/C43H49ClF2N6O8S/c1-59-34-15-14-30-35(23-32(48-38(30)37(34)44)31-11-7-8-18-47-31)60-28-22-33-39(54)49-43(41(56)50-61(57,58)29-12-13-29)24-27(43)10-6-4-2-3-5-9-26(40(55)52(33)25-28)21-36(53)51-19-16-42(45,46)17-20-51/h6-8,10-11,14-15,18,23,26-29,33H,2-5,9,12-13,16-17,19-22,24-25H2,1H3,(H,49,54)(H,50,56)/b10-6-/t26-,27-,28-,33+,43-/m1/s1. The quantitative estimate of drug-likeness (QED) is 0.258. The summed E-state index contributed by atoms with van der Waals surface area (Å²) in [5, 5.41) is 2.98. The van der Waals surface area contributed by atoms with E-state index < -0.39 is 87.2 Å². The number of halogens is 3. The molecule has 2 aliphatic carbocycles. The minimum atomic E-state index is -3.95. The number of hydrogen-bond acceptors (Lipinski definition) is 10. The molecule has 1 aromatic carbocycles. The Balaban J connectivity index is 1.13. The van der Waals surface area contributed by atoms with E-state index in [1.54, 1.807) is 36.5 Å². The molecule has 2 aromatic heterocycles. The predicted octanol–water partition coefficient (Wildman–Crippen LogP) is 5.57. The summed E-state index contributed by atoms with van der Waals surface area (Å²) in [6.07, 6.45) is 7.51. The fraction of sp³-hybridized carbons (Fsp3) is 0.535. The number of likely N-dealkylation sites (tertiary alicyclic amines) is 1. The van der Waals surface area contributed by atoms with Gasteiger partial charge in [0.25, 0.3) is 11.8 Å². The first-order chi connectivity index (χ1) is 29.2. The average Bonchev–Trinajstić information content (AvgIpc) is 4.17. The highest BCUT2D eigenvalue weighted by Gasteiger charge is 2.62. The molecule has 0 radical (unpaired) electrons. The second kappa shape index (κ2) is 17.1. The fourth-order valence-electron chi connectivity index (χ4n) is 8.69. The Kier molecular flexibility index (Phi) is 12.0.